The summed E-state index contributed by atoms with van der Waals surface area (Å²) in [6, 6.07) is 0. The number of nitrogens with zero attached hydrogens (tertiary/aromatic N) is 3. The van der Waals surface area contributed by atoms with Gasteiger partial charge in [-0.25, -0.2) is 4.98 Å². The summed E-state index contributed by atoms with van der Waals surface area (Å²) in [4.78, 5) is 6.69. The van der Waals surface area contributed by atoms with Gasteiger partial charge in [0.25, 0.3) is 0 Å². The van der Waals surface area contributed by atoms with Crippen molar-refractivity contribution in [1.29, 1.82) is 0 Å². The fraction of sp³-hybridized carbons (Fsp3) is 0.800. The van der Waals surface area contributed by atoms with Crippen LogP contribution < -0.4 is 10.6 Å². The van der Waals surface area contributed by atoms with E-state index in [9.17, 15) is 0 Å². The monoisotopic (exact) mass is 226 g/mol. The predicted octanol–water partition coefficient (Wildman–Crippen LogP) is 1.59. The van der Waals surface area contributed by atoms with Crippen LogP contribution in [0.15, 0.2) is 0 Å². The number of anilines is 1. The van der Waals surface area contributed by atoms with Crippen LogP contribution in [0.2, 0.25) is 0 Å². The van der Waals surface area contributed by atoms with Crippen LogP contribution in [0.4, 0.5) is 5.13 Å². The summed E-state index contributed by atoms with van der Waals surface area (Å²) < 4.78 is 4.40. The molecule has 0 saturated heterocycles. The average molecular weight is 226 g/mol. The molecule has 5 heteroatoms. The van der Waals surface area contributed by atoms with E-state index in [4.69, 9.17) is 5.73 Å². The van der Waals surface area contributed by atoms with Crippen molar-refractivity contribution in [1.82, 2.24) is 9.36 Å². The first-order chi connectivity index (χ1) is 7.04. The molecular formula is C10H18N4S. The molecule has 1 aliphatic carbocycles. The minimum atomic E-state index is -0.0552. The molecule has 4 nitrogen and oxygen atoms in total. The molecule has 2 N–H and O–H groups in total. The van der Waals surface area contributed by atoms with Crippen molar-refractivity contribution in [3.63, 3.8) is 0 Å². The van der Waals surface area contributed by atoms with Crippen molar-refractivity contribution in [3.8, 4) is 0 Å². The minimum absolute atomic E-state index is 0.0552. The van der Waals surface area contributed by atoms with Crippen LogP contribution >= 0.6 is 11.5 Å². The number of hydrogen-bond acceptors (Lipinski definition) is 5. The number of likely N-dealkylation sites (N-methyl/N-ethyl adjacent to an activating group) is 1. The fourth-order valence-corrected chi connectivity index (χ4v) is 2.13. The largest absolute Gasteiger partial charge is 0.344 e. The third-order valence-corrected chi connectivity index (χ3v) is 3.87. The normalized spacial score (nSPS) is 16.8. The first-order valence-electron chi connectivity index (χ1n) is 5.32. The molecule has 1 aliphatic rings. The quantitative estimate of drug-likeness (QED) is 0.847. The lowest BCUT2D eigenvalue weighted by molar-refractivity contribution is 0.497. The molecule has 0 unspecified atom stereocenters. The van der Waals surface area contributed by atoms with Crippen LogP contribution in [0.1, 0.15) is 38.4 Å². The van der Waals surface area contributed by atoms with Gasteiger partial charge in [0.2, 0.25) is 5.13 Å². The van der Waals surface area contributed by atoms with E-state index in [1.807, 2.05) is 7.05 Å². The average Bonchev–Trinajstić information content (AvgIpc) is 2.96. The van der Waals surface area contributed by atoms with Crippen molar-refractivity contribution in [2.24, 2.45) is 5.73 Å². The van der Waals surface area contributed by atoms with Crippen molar-refractivity contribution < 1.29 is 0 Å². The van der Waals surface area contributed by atoms with Gasteiger partial charge in [-0.05, 0) is 26.7 Å². The lowest BCUT2D eigenvalue weighted by Crippen LogP contribution is -2.47. The standard InChI is InChI=1S/C10H18N4S/c1-10(2,6-11)14(3)9-12-8(13-15-9)7-4-5-7/h7H,4-6,11H2,1-3H3. The minimum Gasteiger partial charge on any atom is -0.344 e. The second-order valence-corrected chi connectivity index (χ2v) is 5.52. The first kappa shape index (κ1) is 10.8. The van der Waals surface area contributed by atoms with E-state index in [-0.39, 0.29) is 5.54 Å². The van der Waals surface area contributed by atoms with Crippen LogP contribution in [0.25, 0.3) is 0 Å². The number of aromatic nitrogens is 2. The molecule has 1 heterocycles. The Balaban J connectivity index is 2.14. The van der Waals surface area contributed by atoms with Crippen molar-refractivity contribution in [3.05, 3.63) is 5.82 Å². The van der Waals surface area contributed by atoms with Crippen molar-refractivity contribution >= 4 is 16.7 Å². The molecule has 15 heavy (non-hydrogen) atoms. The maximum Gasteiger partial charge on any atom is 0.205 e. The Bertz CT molecular complexity index is 343. The van der Waals surface area contributed by atoms with E-state index in [1.165, 1.54) is 24.4 Å². The van der Waals surface area contributed by atoms with Crippen molar-refractivity contribution in [2.45, 2.75) is 38.1 Å². The highest BCUT2D eigenvalue weighted by molar-refractivity contribution is 7.09. The zero-order valence-electron chi connectivity index (χ0n) is 9.53. The number of hydrogen-bond donors (Lipinski definition) is 1. The van der Waals surface area contributed by atoms with E-state index in [0.717, 1.165) is 11.0 Å². The van der Waals surface area contributed by atoms with E-state index < -0.39 is 0 Å². The van der Waals surface area contributed by atoms with Gasteiger partial charge in [0.1, 0.15) is 5.82 Å². The zero-order valence-corrected chi connectivity index (χ0v) is 10.3. The van der Waals surface area contributed by atoms with Crippen LogP contribution in [0.5, 0.6) is 0 Å². The van der Waals surface area contributed by atoms with E-state index in [2.05, 4.69) is 28.1 Å². The highest BCUT2D eigenvalue weighted by Gasteiger charge is 2.30. The molecule has 0 atom stereocenters. The third kappa shape index (κ3) is 2.13. The number of rotatable bonds is 4. The molecule has 1 saturated carbocycles. The van der Waals surface area contributed by atoms with Crippen LogP contribution in [-0.2, 0) is 0 Å². The maximum absolute atomic E-state index is 5.74. The number of nitrogens with two attached hydrogens (primary N) is 1. The molecule has 0 aliphatic heterocycles. The Morgan fingerprint density at radius 2 is 2.20 bits per heavy atom. The molecule has 0 aromatic carbocycles. The Labute approximate surface area is 94.7 Å². The van der Waals surface area contributed by atoms with Gasteiger partial charge < -0.3 is 10.6 Å². The Morgan fingerprint density at radius 1 is 1.53 bits per heavy atom. The van der Waals surface area contributed by atoms with Crippen molar-refractivity contribution in [2.75, 3.05) is 18.5 Å². The Kier molecular flexibility index (Phi) is 2.68. The van der Waals surface area contributed by atoms with E-state index >= 15 is 0 Å². The fourth-order valence-electron chi connectivity index (χ4n) is 1.27. The van der Waals surface area contributed by atoms with Gasteiger partial charge in [-0.15, -0.1) is 0 Å². The van der Waals surface area contributed by atoms with Crippen LogP contribution in [0.3, 0.4) is 0 Å². The molecule has 0 radical (unpaired) electrons. The summed E-state index contributed by atoms with van der Waals surface area (Å²) in [5.41, 5.74) is 5.68. The summed E-state index contributed by atoms with van der Waals surface area (Å²) in [5.74, 6) is 1.65. The summed E-state index contributed by atoms with van der Waals surface area (Å²) in [7, 11) is 2.03. The van der Waals surface area contributed by atoms with Gasteiger partial charge in [0.05, 0.1) is 0 Å². The smallest absolute Gasteiger partial charge is 0.205 e. The summed E-state index contributed by atoms with van der Waals surface area (Å²) in [5, 5.41) is 0.979. The molecule has 1 fully saturated rings. The topological polar surface area (TPSA) is 55.0 Å². The van der Waals surface area contributed by atoms with E-state index in [1.54, 1.807) is 0 Å². The maximum atomic E-state index is 5.74. The van der Waals surface area contributed by atoms with Crippen LogP contribution in [0, 0.1) is 0 Å². The van der Waals surface area contributed by atoms with Gasteiger partial charge in [-0.1, -0.05) is 0 Å². The highest BCUT2D eigenvalue weighted by Crippen LogP contribution is 2.40. The predicted molar refractivity (Wildman–Crippen MR) is 63.4 cm³/mol. The summed E-state index contributed by atoms with van der Waals surface area (Å²) >= 11 is 1.48. The summed E-state index contributed by atoms with van der Waals surface area (Å²) in [6.45, 7) is 4.85. The van der Waals surface area contributed by atoms with Gasteiger partial charge in [0, 0.05) is 36.6 Å². The molecule has 1 aromatic heterocycles. The van der Waals surface area contributed by atoms with E-state index in [0.29, 0.717) is 12.5 Å². The first-order valence-corrected chi connectivity index (χ1v) is 6.09. The van der Waals surface area contributed by atoms with Gasteiger partial charge in [-0.2, -0.15) is 4.37 Å². The molecule has 0 bridgehead atoms. The molecule has 84 valence electrons. The SMILES string of the molecule is CN(c1nc(C2CC2)ns1)C(C)(C)CN. The molecule has 0 amide bonds. The molecular weight excluding hydrogens is 208 g/mol. The summed E-state index contributed by atoms with van der Waals surface area (Å²) in [6.07, 6.45) is 2.50. The van der Waals surface area contributed by atoms with Gasteiger partial charge in [-0.3, -0.25) is 0 Å². The lowest BCUT2D eigenvalue weighted by Gasteiger charge is -2.33. The van der Waals surface area contributed by atoms with Crippen LogP contribution in [-0.4, -0.2) is 28.5 Å². The molecule has 2 rings (SSSR count). The zero-order chi connectivity index (χ0) is 11.1. The van der Waals surface area contributed by atoms with Gasteiger partial charge >= 0.3 is 0 Å². The third-order valence-electron chi connectivity index (χ3n) is 3.07. The Morgan fingerprint density at radius 3 is 2.73 bits per heavy atom. The lowest BCUT2D eigenvalue weighted by atomic mass is 10.1. The second-order valence-electron chi connectivity index (χ2n) is 4.78. The molecule has 0 spiro atoms. The second kappa shape index (κ2) is 3.72. The van der Waals surface area contributed by atoms with Gasteiger partial charge in [0.15, 0.2) is 0 Å². The molecule has 1 aromatic rings. The Hall–Kier alpha value is -0.680. The highest BCUT2D eigenvalue weighted by atomic mass is 32.1.